The molecule has 6 heteroatoms. The highest BCUT2D eigenvalue weighted by molar-refractivity contribution is 5.92. The van der Waals surface area contributed by atoms with Crippen molar-refractivity contribution in [3.05, 3.63) is 42.2 Å². The summed E-state index contributed by atoms with van der Waals surface area (Å²) in [4.78, 5) is 29.3. The predicted molar refractivity (Wildman–Crippen MR) is 103 cm³/mol. The second kappa shape index (κ2) is 7.55. The molecule has 2 amide bonds. The van der Waals surface area contributed by atoms with Crippen LogP contribution in [0.4, 0.5) is 0 Å². The van der Waals surface area contributed by atoms with Crippen molar-refractivity contribution in [3.63, 3.8) is 0 Å². The highest BCUT2D eigenvalue weighted by Crippen LogP contribution is 2.36. The smallest absolute Gasteiger partial charge is 0.248 e. The lowest BCUT2D eigenvalue weighted by Gasteiger charge is -2.39. The second-order valence-corrected chi connectivity index (χ2v) is 7.70. The van der Waals surface area contributed by atoms with Crippen molar-refractivity contribution in [3.8, 4) is 11.3 Å². The van der Waals surface area contributed by atoms with Crippen LogP contribution >= 0.6 is 0 Å². The second-order valence-electron chi connectivity index (χ2n) is 7.70. The van der Waals surface area contributed by atoms with Crippen LogP contribution in [0.2, 0.25) is 0 Å². The Labute approximate surface area is 160 Å². The molecule has 6 nitrogen and oxygen atoms in total. The average molecular weight is 369 g/mol. The number of carbonyl (C=O) groups excluding carboxylic acids is 2. The molecule has 1 aromatic carbocycles. The molecular formula is C21H27N3O3. The third-order valence-corrected chi connectivity index (χ3v) is 5.15. The van der Waals surface area contributed by atoms with Crippen LogP contribution in [-0.4, -0.2) is 52.9 Å². The van der Waals surface area contributed by atoms with E-state index >= 15 is 0 Å². The maximum absolute atomic E-state index is 13.2. The number of amides is 2. The Hall–Kier alpha value is -2.63. The number of rotatable bonds is 5. The molecule has 2 aromatic rings. The normalized spacial score (nSPS) is 19.5. The van der Waals surface area contributed by atoms with Gasteiger partial charge in [-0.15, -0.1) is 0 Å². The summed E-state index contributed by atoms with van der Waals surface area (Å²) >= 11 is 0. The molecule has 1 unspecified atom stereocenters. The van der Waals surface area contributed by atoms with Crippen LogP contribution < -0.4 is 0 Å². The van der Waals surface area contributed by atoms with Crippen LogP contribution in [0.1, 0.15) is 32.4 Å². The lowest BCUT2D eigenvalue weighted by molar-refractivity contribution is -0.151. The number of hydrogen-bond donors (Lipinski definition) is 0. The molecule has 1 atom stereocenters. The van der Waals surface area contributed by atoms with E-state index in [-0.39, 0.29) is 17.7 Å². The van der Waals surface area contributed by atoms with Gasteiger partial charge in [0.1, 0.15) is 17.0 Å². The van der Waals surface area contributed by atoms with Gasteiger partial charge in [0.15, 0.2) is 0 Å². The van der Waals surface area contributed by atoms with Crippen LogP contribution in [-0.2, 0) is 16.0 Å². The molecule has 1 aliphatic rings. The van der Waals surface area contributed by atoms with Gasteiger partial charge >= 0.3 is 0 Å². The Morgan fingerprint density at radius 1 is 1.26 bits per heavy atom. The summed E-state index contributed by atoms with van der Waals surface area (Å²) < 4.78 is 5.57. The minimum Gasteiger partial charge on any atom is -0.361 e. The molecule has 144 valence electrons. The summed E-state index contributed by atoms with van der Waals surface area (Å²) in [7, 11) is 3.46. The van der Waals surface area contributed by atoms with E-state index < -0.39 is 5.54 Å². The third-order valence-electron chi connectivity index (χ3n) is 5.15. The van der Waals surface area contributed by atoms with E-state index in [0.29, 0.717) is 25.1 Å². The zero-order valence-electron chi connectivity index (χ0n) is 16.4. The standard InChI is InChI=1S/C21H27N3O3/c1-15(2)19(25)24-12-8-11-21(24,20(26)23(3)4)14-17-13-18(22-27-17)16-9-6-5-7-10-16/h5-7,9-10,13,15H,8,11-12,14H2,1-4H3. The zero-order valence-corrected chi connectivity index (χ0v) is 16.4. The molecule has 0 aliphatic carbocycles. The molecule has 1 aliphatic heterocycles. The quantitative estimate of drug-likeness (QED) is 0.813. The van der Waals surface area contributed by atoms with E-state index in [2.05, 4.69) is 5.16 Å². The van der Waals surface area contributed by atoms with Crippen LogP contribution in [0.3, 0.4) is 0 Å². The van der Waals surface area contributed by atoms with E-state index in [9.17, 15) is 9.59 Å². The minimum atomic E-state index is -0.904. The van der Waals surface area contributed by atoms with Crippen LogP contribution in [0.25, 0.3) is 11.3 Å². The summed E-state index contributed by atoms with van der Waals surface area (Å²) in [6.07, 6.45) is 1.77. The fourth-order valence-electron chi connectivity index (χ4n) is 3.84. The number of nitrogens with zero attached hydrogens (tertiary/aromatic N) is 3. The van der Waals surface area contributed by atoms with Gasteiger partial charge in [-0.25, -0.2) is 0 Å². The van der Waals surface area contributed by atoms with Gasteiger partial charge < -0.3 is 14.3 Å². The average Bonchev–Trinajstić information content (AvgIpc) is 3.29. The largest absolute Gasteiger partial charge is 0.361 e. The molecule has 0 saturated carbocycles. The van der Waals surface area contributed by atoms with Gasteiger partial charge in [-0.05, 0) is 12.8 Å². The van der Waals surface area contributed by atoms with Crippen molar-refractivity contribution in [2.75, 3.05) is 20.6 Å². The molecule has 27 heavy (non-hydrogen) atoms. The van der Waals surface area contributed by atoms with E-state index in [1.165, 1.54) is 0 Å². The fourth-order valence-corrected chi connectivity index (χ4v) is 3.84. The Kier molecular flexibility index (Phi) is 5.35. The first-order chi connectivity index (χ1) is 12.8. The predicted octanol–water partition coefficient (Wildman–Crippen LogP) is 2.99. The lowest BCUT2D eigenvalue weighted by atomic mass is 9.88. The van der Waals surface area contributed by atoms with E-state index in [4.69, 9.17) is 4.52 Å². The highest BCUT2D eigenvalue weighted by Gasteiger charge is 2.51. The number of likely N-dealkylation sites (N-methyl/N-ethyl adjacent to an activating group) is 1. The monoisotopic (exact) mass is 369 g/mol. The zero-order chi connectivity index (χ0) is 19.6. The number of hydrogen-bond acceptors (Lipinski definition) is 4. The molecule has 1 fully saturated rings. The summed E-state index contributed by atoms with van der Waals surface area (Å²) in [5.41, 5.74) is 0.790. The van der Waals surface area contributed by atoms with E-state index in [0.717, 1.165) is 17.7 Å². The van der Waals surface area contributed by atoms with Gasteiger partial charge in [-0.3, -0.25) is 9.59 Å². The molecular weight excluding hydrogens is 342 g/mol. The van der Waals surface area contributed by atoms with Crippen molar-refractivity contribution in [1.29, 1.82) is 0 Å². The Bertz CT molecular complexity index is 813. The van der Waals surface area contributed by atoms with Gasteiger partial charge in [-0.2, -0.15) is 0 Å². The van der Waals surface area contributed by atoms with Gasteiger partial charge in [0.05, 0.1) is 0 Å². The number of carbonyl (C=O) groups is 2. The lowest BCUT2D eigenvalue weighted by Crippen LogP contribution is -2.59. The first-order valence-corrected chi connectivity index (χ1v) is 9.39. The van der Waals surface area contributed by atoms with Crippen molar-refractivity contribution >= 4 is 11.8 Å². The molecule has 2 heterocycles. The number of benzene rings is 1. The Morgan fingerprint density at radius 3 is 2.59 bits per heavy atom. The molecule has 0 spiro atoms. The molecule has 0 bridgehead atoms. The molecule has 3 rings (SSSR count). The molecule has 0 N–H and O–H groups in total. The molecule has 1 aromatic heterocycles. The molecule has 0 radical (unpaired) electrons. The van der Waals surface area contributed by atoms with Crippen molar-refractivity contribution < 1.29 is 14.1 Å². The third kappa shape index (κ3) is 3.61. The summed E-state index contributed by atoms with van der Waals surface area (Å²) in [5.74, 6) is 0.400. The van der Waals surface area contributed by atoms with Gasteiger partial charge in [0.25, 0.3) is 0 Å². The fraction of sp³-hybridized carbons (Fsp3) is 0.476. The Morgan fingerprint density at radius 2 is 1.96 bits per heavy atom. The molecule has 1 saturated heterocycles. The van der Waals surface area contributed by atoms with Crippen LogP contribution in [0, 0.1) is 5.92 Å². The maximum atomic E-state index is 13.2. The number of aromatic nitrogens is 1. The van der Waals surface area contributed by atoms with Gasteiger partial charge in [-0.1, -0.05) is 49.3 Å². The maximum Gasteiger partial charge on any atom is 0.248 e. The van der Waals surface area contributed by atoms with Gasteiger partial charge in [0.2, 0.25) is 11.8 Å². The SMILES string of the molecule is CC(C)C(=O)N1CCCC1(Cc1cc(-c2ccccc2)no1)C(=O)N(C)C. The first-order valence-electron chi connectivity index (χ1n) is 9.39. The summed E-state index contributed by atoms with van der Waals surface area (Å²) in [6, 6.07) is 11.6. The van der Waals surface area contributed by atoms with Gasteiger partial charge in [0, 0.05) is 44.6 Å². The van der Waals surface area contributed by atoms with E-state index in [1.54, 1.807) is 23.9 Å². The Balaban J connectivity index is 1.95. The number of likely N-dealkylation sites (tertiary alicyclic amines) is 1. The van der Waals surface area contributed by atoms with Crippen LogP contribution in [0.15, 0.2) is 40.9 Å². The summed E-state index contributed by atoms with van der Waals surface area (Å²) in [5, 5.41) is 4.17. The van der Waals surface area contributed by atoms with Crippen molar-refractivity contribution in [2.24, 2.45) is 5.92 Å². The van der Waals surface area contributed by atoms with Crippen molar-refractivity contribution in [1.82, 2.24) is 15.0 Å². The summed E-state index contributed by atoms with van der Waals surface area (Å²) in [6.45, 7) is 4.33. The highest BCUT2D eigenvalue weighted by atomic mass is 16.5. The van der Waals surface area contributed by atoms with Crippen LogP contribution in [0.5, 0.6) is 0 Å². The topological polar surface area (TPSA) is 66.7 Å². The van der Waals surface area contributed by atoms with Crippen molar-refractivity contribution in [2.45, 2.75) is 38.6 Å². The minimum absolute atomic E-state index is 0.00509. The van der Waals surface area contributed by atoms with E-state index in [1.807, 2.05) is 50.2 Å². The first kappa shape index (κ1) is 19.1.